The zero-order valence-electron chi connectivity index (χ0n) is 11.5. The number of carbonyl (C=O) groups excluding carboxylic acids is 3. The first-order valence-corrected chi connectivity index (χ1v) is 7.32. The molecule has 0 aromatic heterocycles. The van der Waals surface area contributed by atoms with Crippen LogP contribution >= 0.6 is 0 Å². The molecule has 0 spiro atoms. The summed E-state index contributed by atoms with van der Waals surface area (Å²) in [6.45, 7) is -0.0936. The van der Waals surface area contributed by atoms with Gasteiger partial charge in [0, 0.05) is 36.9 Å². The van der Waals surface area contributed by atoms with Crippen LogP contribution in [0.5, 0.6) is 5.75 Å². The highest BCUT2D eigenvalue weighted by Crippen LogP contribution is 2.21. The topological polar surface area (TPSA) is 113 Å². The van der Waals surface area contributed by atoms with Crippen LogP contribution in [-0.2, 0) is 25.7 Å². The predicted octanol–water partition coefficient (Wildman–Crippen LogP) is 0.595. The number of imide groups is 1. The molecule has 1 heterocycles. The Balaban J connectivity index is 1.90. The van der Waals surface area contributed by atoms with Crippen molar-refractivity contribution in [1.82, 2.24) is 4.90 Å². The fourth-order valence-corrected chi connectivity index (χ4v) is 2.10. The molecule has 0 radical (unpaired) electrons. The molecule has 3 amide bonds. The van der Waals surface area contributed by atoms with Gasteiger partial charge < -0.3 is 9.50 Å². The molecule has 1 unspecified atom stereocenters. The molecule has 0 saturated heterocycles. The van der Waals surface area contributed by atoms with Gasteiger partial charge in [-0.1, -0.05) is 0 Å². The van der Waals surface area contributed by atoms with Gasteiger partial charge in [-0.15, -0.1) is 0 Å². The van der Waals surface area contributed by atoms with E-state index < -0.39 is 40.6 Å². The second kappa shape index (κ2) is 7.11. The second-order valence-corrected chi connectivity index (χ2v) is 5.01. The number of benzene rings is 1. The largest absolute Gasteiger partial charge is 0.377 e. The summed E-state index contributed by atoms with van der Waals surface area (Å²) >= 11 is -2.66. The molecule has 1 aliphatic heterocycles. The number of nitrogens with one attached hydrogen (secondary N) is 1. The van der Waals surface area contributed by atoms with E-state index in [-0.39, 0.29) is 18.7 Å². The molecule has 2 N–H and O–H groups in total. The Morgan fingerprint density at radius 1 is 1.30 bits per heavy atom. The average molecular weight is 342 g/mol. The van der Waals surface area contributed by atoms with Crippen molar-refractivity contribution in [3.8, 4) is 5.75 Å². The van der Waals surface area contributed by atoms with Gasteiger partial charge in [-0.05, 0) is 12.1 Å². The van der Waals surface area contributed by atoms with Crippen molar-refractivity contribution in [1.29, 1.82) is 0 Å². The Morgan fingerprint density at radius 3 is 2.52 bits per heavy atom. The number of halogens is 1. The van der Waals surface area contributed by atoms with E-state index in [9.17, 15) is 23.0 Å². The molecular formula is C13H11FN2O6S. The minimum Gasteiger partial charge on any atom is -0.377 e. The molecule has 1 atom stereocenters. The highest BCUT2D eigenvalue weighted by molar-refractivity contribution is 7.74. The van der Waals surface area contributed by atoms with Crippen molar-refractivity contribution >= 4 is 34.8 Å². The smallest absolute Gasteiger partial charge is 0.357 e. The fourth-order valence-electron chi connectivity index (χ4n) is 1.81. The molecule has 0 saturated carbocycles. The third-order valence-electron chi connectivity index (χ3n) is 2.84. The van der Waals surface area contributed by atoms with Crippen LogP contribution in [0.2, 0.25) is 0 Å². The first-order valence-electron chi connectivity index (χ1n) is 6.29. The van der Waals surface area contributed by atoms with Crippen LogP contribution in [0, 0.1) is 5.82 Å². The lowest BCUT2D eigenvalue weighted by Crippen LogP contribution is -2.33. The monoisotopic (exact) mass is 342 g/mol. The summed E-state index contributed by atoms with van der Waals surface area (Å²) in [6.07, 6.45) is 2.07. The minimum absolute atomic E-state index is 0.0936. The van der Waals surface area contributed by atoms with Gasteiger partial charge in [0.2, 0.25) is 5.91 Å². The van der Waals surface area contributed by atoms with Gasteiger partial charge in [0.1, 0.15) is 0 Å². The summed E-state index contributed by atoms with van der Waals surface area (Å²) in [7, 11) is 0. The van der Waals surface area contributed by atoms with Crippen LogP contribution in [-0.4, -0.2) is 37.9 Å². The van der Waals surface area contributed by atoms with Crippen molar-refractivity contribution in [3.63, 3.8) is 0 Å². The quantitative estimate of drug-likeness (QED) is 0.578. The van der Waals surface area contributed by atoms with Crippen molar-refractivity contribution in [3.05, 3.63) is 36.2 Å². The van der Waals surface area contributed by atoms with Crippen LogP contribution in [0.1, 0.15) is 6.42 Å². The maximum absolute atomic E-state index is 13.6. The highest BCUT2D eigenvalue weighted by atomic mass is 32.2. The van der Waals surface area contributed by atoms with Gasteiger partial charge >= 0.3 is 11.4 Å². The lowest BCUT2D eigenvalue weighted by Gasteiger charge is -2.13. The Morgan fingerprint density at radius 2 is 1.96 bits per heavy atom. The summed E-state index contributed by atoms with van der Waals surface area (Å²) in [4.78, 5) is 35.3. The van der Waals surface area contributed by atoms with E-state index in [1.165, 1.54) is 6.07 Å². The van der Waals surface area contributed by atoms with Crippen molar-refractivity contribution in [2.75, 3.05) is 11.9 Å². The number of rotatable bonds is 6. The number of nitrogens with zero attached hydrogens (tertiary/aromatic N) is 1. The summed E-state index contributed by atoms with van der Waals surface area (Å²) in [5.74, 6) is -2.89. The van der Waals surface area contributed by atoms with Crippen molar-refractivity contribution in [2.45, 2.75) is 6.42 Å². The van der Waals surface area contributed by atoms with Crippen LogP contribution in [0.25, 0.3) is 0 Å². The maximum Gasteiger partial charge on any atom is 0.357 e. The molecule has 1 aliphatic rings. The Kier molecular flexibility index (Phi) is 5.19. The number of hydrogen-bond donors (Lipinski definition) is 2. The van der Waals surface area contributed by atoms with Crippen LogP contribution in [0.15, 0.2) is 30.4 Å². The summed E-state index contributed by atoms with van der Waals surface area (Å²) in [5, 5.41) is 2.37. The number of anilines is 1. The third-order valence-corrected chi connectivity index (χ3v) is 3.16. The number of amides is 3. The summed E-state index contributed by atoms with van der Waals surface area (Å²) in [5.41, 5.74) is 0.0979. The van der Waals surface area contributed by atoms with Gasteiger partial charge in [-0.3, -0.25) is 23.8 Å². The second-order valence-electron chi connectivity index (χ2n) is 4.41. The van der Waals surface area contributed by atoms with Gasteiger partial charge in [0.05, 0.1) is 0 Å². The van der Waals surface area contributed by atoms with E-state index in [1.54, 1.807) is 0 Å². The maximum atomic E-state index is 13.6. The Bertz CT molecular complexity index is 702. The van der Waals surface area contributed by atoms with E-state index >= 15 is 0 Å². The van der Waals surface area contributed by atoms with Gasteiger partial charge in [0.25, 0.3) is 11.8 Å². The molecule has 2 rings (SSSR count). The first kappa shape index (κ1) is 16.8. The van der Waals surface area contributed by atoms with E-state index in [0.29, 0.717) is 0 Å². The molecular weight excluding hydrogens is 331 g/mol. The first-order chi connectivity index (χ1) is 10.9. The Labute approximate surface area is 132 Å². The minimum atomic E-state index is -2.66. The van der Waals surface area contributed by atoms with Crippen LogP contribution < -0.4 is 9.50 Å². The zero-order valence-corrected chi connectivity index (χ0v) is 12.3. The third kappa shape index (κ3) is 4.44. The molecule has 122 valence electrons. The average Bonchev–Trinajstić information content (AvgIpc) is 2.78. The normalized spacial score (nSPS) is 15.0. The van der Waals surface area contributed by atoms with Gasteiger partial charge in [0.15, 0.2) is 11.6 Å². The molecule has 10 heteroatoms. The van der Waals surface area contributed by atoms with Gasteiger partial charge in [-0.2, -0.15) is 4.21 Å². The molecule has 1 aromatic carbocycles. The van der Waals surface area contributed by atoms with Crippen molar-refractivity contribution in [2.24, 2.45) is 0 Å². The van der Waals surface area contributed by atoms with Crippen molar-refractivity contribution < 1.29 is 31.7 Å². The van der Waals surface area contributed by atoms with E-state index in [2.05, 4.69) is 9.50 Å². The van der Waals surface area contributed by atoms with Crippen LogP contribution in [0.4, 0.5) is 10.1 Å². The number of hydrogen-bond acceptors (Lipinski definition) is 5. The van der Waals surface area contributed by atoms with E-state index in [1.807, 2.05) is 0 Å². The fraction of sp³-hybridized carbons (Fsp3) is 0.154. The molecule has 8 nitrogen and oxygen atoms in total. The highest BCUT2D eigenvalue weighted by Gasteiger charge is 2.23. The molecule has 0 bridgehead atoms. The van der Waals surface area contributed by atoms with Gasteiger partial charge in [-0.25, -0.2) is 4.39 Å². The zero-order chi connectivity index (χ0) is 17.0. The Hall–Kier alpha value is -2.59. The SMILES string of the molecule is O=C(CCN1C(=O)C=CC1=O)Nc1ccc(OS(=O)O)c(F)c1. The van der Waals surface area contributed by atoms with Crippen LogP contribution in [0.3, 0.4) is 0 Å². The molecule has 1 aromatic rings. The lowest BCUT2D eigenvalue weighted by molar-refractivity contribution is -0.137. The number of carbonyl (C=O) groups is 3. The predicted molar refractivity (Wildman–Crippen MR) is 76.9 cm³/mol. The summed E-state index contributed by atoms with van der Waals surface area (Å²) < 4.78 is 36.8. The van der Waals surface area contributed by atoms with E-state index in [4.69, 9.17) is 4.55 Å². The molecule has 0 fully saturated rings. The standard InChI is InChI=1S/C13H11FN2O6S/c14-9-7-8(1-2-10(9)22-23(20)21)15-11(17)5-6-16-12(18)3-4-13(16)19/h1-4,7H,5-6H2,(H,15,17)(H,20,21). The van der Waals surface area contributed by atoms with E-state index in [0.717, 1.165) is 29.2 Å². The lowest BCUT2D eigenvalue weighted by atomic mass is 10.2. The molecule has 0 aliphatic carbocycles. The summed E-state index contributed by atoms with van der Waals surface area (Å²) in [6, 6.07) is 3.27. The molecule has 23 heavy (non-hydrogen) atoms.